The number of carbonyl (C=O) groups excluding carboxylic acids is 1. The van der Waals surface area contributed by atoms with Crippen LogP contribution in [0.25, 0.3) is 0 Å². The number of hydrogen-bond donors (Lipinski definition) is 3. The Kier molecular flexibility index (Phi) is 4.45. The summed E-state index contributed by atoms with van der Waals surface area (Å²) in [5.41, 5.74) is 0. The van der Waals surface area contributed by atoms with Gasteiger partial charge in [0.25, 0.3) is 0 Å². The fraction of sp³-hybridized carbons (Fsp3) is 0.333. The van der Waals surface area contributed by atoms with Crippen LogP contribution in [0.5, 0.6) is 0 Å². The van der Waals surface area contributed by atoms with Crippen molar-refractivity contribution < 1.29 is 26.7 Å². The third-order valence-corrected chi connectivity index (χ3v) is 3.11. The number of alkyl halides is 5. The van der Waals surface area contributed by atoms with Gasteiger partial charge in [-0.3, -0.25) is 10.7 Å². The van der Waals surface area contributed by atoms with Crippen LogP contribution in [0.15, 0.2) is 12.1 Å². The second-order valence-electron chi connectivity index (χ2n) is 3.31. The molecule has 0 aliphatic rings. The number of urea groups is 1. The fourth-order valence-electron chi connectivity index (χ4n) is 1.07. The van der Waals surface area contributed by atoms with Gasteiger partial charge in [-0.1, -0.05) is 0 Å². The quantitative estimate of drug-likeness (QED) is 0.447. The van der Waals surface area contributed by atoms with Crippen LogP contribution in [-0.2, 0) is 12.5 Å². The molecule has 0 aromatic carbocycles. The topological polar surface area (TPSA) is 65.0 Å². The summed E-state index contributed by atoms with van der Waals surface area (Å²) in [6, 6.07) is 0.987. The van der Waals surface area contributed by atoms with Gasteiger partial charge in [-0.15, -0.1) is 11.3 Å². The molecule has 1 aromatic heterocycles. The van der Waals surface area contributed by atoms with Crippen LogP contribution in [0, 0.1) is 5.41 Å². The predicted octanol–water partition coefficient (Wildman–Crippen LogP) is 2.81. The molecule has 106 valence electrons. The average molecular weight is 301 g/mol. The molecule has 0 fully saturated rings. The minimum atomic E-state index is -5.65. The van der Waals surface area contributed by atoms with Gasteiger partial charge in [0.1, 0.15) is 0 Å². The number of halogens is 5. The van der Waals surface area contributed by atoms with Crippen molar-refractivity contribution in [2.24, 2.45) is 0 Å². The second-order valence-corrected chi connectivity index (χ2v) is 4.48. The first kappa shape index (κ1) is 15.3. The summed E-state index contributed by atoms with van der Waals surface area (Å²) in [5.74, 6) is -4.91. The van der Waals surface area contributed by atoms with Gasteiger partial charge in [0, 0.05) is 4.88 Å². The molecular formula is C9H8F5N3OS. The van der Waals surface area contributed by atoms with Crippen LogP contribution >= 0.6 is 11.3 Å². The van der Waals surface area contributed by atoms with Crippen LogP contribution in [0.1, 0.15) is 9.75 Å². The lowest BCUT2D eigenvalue weighted by molar-refractivity contribution is -0.287. The van der Waals surface area contributed by atoms with E-state index in [9.17, 15) is 26.7 Å². The summed E-state index contributed by atoms with van der Waals surface area (Å²) in [4.78, 5) is 9.89. The monoisotopic (exact) mass is 301 g/mol. The first-order chi connectivity index (χ1) is 8.68. The molecule has 19 heavy (non-hydrogen) atoms. The highest BCUT2D eigenvalue weighted by Crippen LogP contribution is 2.46. The van der Waals surface area contributed by atoms with Gasteiger partial charge in [-0.25, -0.2) is 4.79 Å². The number of amides is 2. The Hall–Kier alpha value is -1.71. The molecule has 10 heteroatoms. The van der Waals surface area contributed by atoms with Crippen molar-refractivity contribution in [1.29, 1.82) is 5.41 Å². The minimum Gasteiger partial charge on any atom is -0.333 e. The Bertz CT molecular complexity index is 471. The summed E-state index contributed by atoms with van der Waals surface area (Å²) in [6.45, 7) is -0.210. The van der Waals surface area contributed by atoms with E-state index in [0.717, 1.165) is 6.07 Å². The standard InChI is InChI=1S/C9H8F5N3OS/c10-8(11,9(12,13)14)6-2-1-5(19-6)3-16-7(18)17-4-15/h1-2,4H,3H2,(H3,15,16,17,18). The zero-order chi connectivity index (χ0) is 14.7. The molecule has 0 spiro atoms. The van der Waals surface area contributed by atoms with E-state index in [1.807, 2.05) is 5.32 Å². The number of nitrogens with one attached hydrogen (secondary N) is 3. The predicted molar refractivity (Wildman–Crippen MR) is 58.4 cm³/mol. The zero-order valence-corrected chi connectivity index (χ0v) is 9.96. The van der Waals surface area contributed by atoms with Gasteiger partial charge in [-0.05, 0) is 12.1 Å². The van der Waals surface area contributed by atoms with Gasteiger partial charge in [0.15, 0.2) is 0 Å². The molecule has 1 aromatic rings. The Morgan fingerprint density at radius 2 is 1.95 bits per heavy atom. The number of thiophene rings is 1. The molecule has 1 heterocycles. The van der Waals surface area contributed by atoms with Crippen molar-refractivity contribution in [1.82, 2.24) is 10.6 Å². The summed E-state index contributed by atoms with van der Waals surface area (Å²) >= 11 is 0.257. The van der Waals surface area contributed by atoms with Crippen molar-refractivity contribution in [3.8, 4) is 0 Å². The van der Waals surface area contributed by atoms with Crippen molar-refractivity contribution in [2.45, 2.75) is 18.6 Å². The molecule has 0 aliphatic heterocycles. The lowest BCUT2D eigenvalue weighted by Gasteiger charge is -2.17. The molecule has 4 nitrogen and oxygen atoms in total. The van der Waals surface area contributed by atoms with E-state index in [-0.39, 0.29) is 22.8 Å². The molecule has 0 bridgehead atoms. The maximum absolute atomic E-state index is 13.0. The molecular weight excluding hydrogens is 293 g/mol. The normalized spacial score (nSPS) is 12.1. The Labute approximate surface area is 108 Å². The van der Waals surface area contributed by atoms with Crippen LogP contribution in [-0.4, -0.2) is 18.5 Å². The van der Waals surface area contributed by atoms with Crippen LogP contribution in [0.4, 0.5) is 26.7 Å². The Morgan fingerprint density at radius 3 is 2.47 bits per heavy atom. The second kappa shape index (κ2) is 5.51. The summed E-state index contributed by atoms with van der Waals surface area (Å²) in [6.07, 6.45) is -5.05. The largest absolute Gasteiger partial charge is 0.458 e. The molecule has 0 saturated heterocycles. The molecule has 0 radical (unpaired) electrons. The zero-order valence-electron chi connectivity index (χ0n) is 9.15. The summed E-state index contributed by atoms with van der Waals surface area (Å²) < 4.78 is 62.2. The summed E-state index contributed by atoms with van der Waals surface area (Å²) in [7, 11) is 0. The highest BCUT2D eigenvalue weighted by atomic mass is 32.1. The highest BCUT2D eigenvalue weighted by Gasteiger charge is 2.59. The van der Waals surface area contributed by atoms with E-state index >= 15 is 0 Å². The Balaban J connectivity index is 2.73. The molecule has 0 aliphatic carbocycles. The molecule has 0 atom stereocenters. The maximum atomic E-state index is 13.0. The Morgan fingerprint density at radius 1 is 1.32 bits per heavy atom. The molecule has 3 N–H and O–H groups in total. The molecule has 0 unspecified atom stereocenters. The first-order valence-corrected chi connectivity index (χ1v) is 5.57. The molecule has 0 saturated carbocycles. The van der Waals surface area contributed by atoms with E-state index in [2.05, 4.69) is 5.32 Å². The van der Waals surface area contributed by atoms with Gasteiger partial charge >= 0.3 is 18.1 Å². The van der Waals surface area contributed by atoms with E-state index in [1.165, 1.54) is 0 Å². The molecule has 2 amide bonds. The third kappa shape index (κ3) is 3.63. The van der Waals surface area contributed by atoms with Crippen LogP contribution in [0.2, 0.25) is 0 Å². The molecule has 1 rings (SSSR count). The van der Waals surface area contributed by atoms with Crippen molar-refractivity contribution in [2.75, 3.05) is 0 Å². The van der Waals surface area contributed by atoms with Crippen LogP contribution in [0.3, 0.4) is 0 Å². The minimum absolute atomic E-state index is 0.138. The smallest absolute Gasteiger partial charge is 0.333 e. The maximum Gasteiger partial charge on any atom is 0.458 e. The van der Waals surface area contributed by atoms with Crippen molar-refractivity contribution >= 4 is 23.7 Å². The third-order valence-electron chi connectivity index (χ3n) is 1.95. The van der Waals surface area contributed by atoms with Gasteiger partial charge < -0.3 is 5.32 Å². The van der Waals surface area contributed by atoms with Crippen molar-refractivity contribution in [3.05, 3.63) is 21.9 Å². The lowest BCUT2D eigenvalue weighted by Crippen LogP contribution is -2.33. The number of carbonyl (C=O) groups is 1. The van der Waals surface area contributed by atoms with E-state index in [1.54, 1.807) is 0 Å². The average Bonchev–Trinajstić information content (AvgIpc) is 2.74. The first-order valence-electron chi connectivity index (χ1n) is 4.75. The van der Waals surface area contributed by atoms with Crippen molar-refractivity contribution in [3.63, 3.8) is 0 Å². The van der Waals surface area contributed by atoms with E-state index in [4.69, 9.17) is 5.41 Å². The van der Waals surface area contributed by atoms with E-state index < -0.39 is 23.0 Å². The van der Waals surface area contributed by atoms with Gasteiger partial charge in [0.05, 0.1) is 17.8 Å². The van der Waals surface area contributed by atoms with E-state index in [0.29, 0.717) is 12.4 Å². The van der Waals surface area contributed by atoms with Gasteiger partial charge in [0.2, 0.25) is 0 Å². The number of rotatable bonds is 4. The van der Waals surface area contributed by atoms with Gasteiger partial charge in [-0.2, -0.15) is 22.0 Å². The lowest BCUT2D eigenvalue weighted by atomic mass is 10.2. The van der Waals surface area contributed by atoms with Crippen LogP contribution < -0.4 is 10.6 Å². The highest BCUT2D eigenvalue weighted by molar-refractivity contribution is 7.12. The SMILES string of the molecule is N=CNC(=O)NCc1ccc(C(F)(F)C(F)(F)F)s1. The summed E-state index contributed by atoms with van der Waals surface area (Å²) in [5, 5.41) is 10.7. The fourth-order valence-corrected chi connectivity index (χ4v) is 2.01. The number of hydrogen-bond acceptors (Lipinski definition) is 3.